The maximum absolute atomic E-state index is 11.7. The second-order valence-electron chi connectivity index (χ2n) is 5.93. The lowest BCUT2D eigenvalue weighted by Crippen LogP contribution is -2.32. The van der Waals surface area contributed by atoms with Crippen LogP contribution in [-0.4, -0.2) is 37.0 Å². The summed E-state index contributed by atoms with van der Waals surface area (Å²) in [6.07, 6.45) is 2.32. The second-order valence-corrected chi connectivity index (χ2v) is 6.29. The fraction of sp³-hybridized carbons (Fsp3) is 0.353. The number of carbonyl (C=O) groups is 1. The van der Waals surface area contributed by atoms with Crippen molar-refractivity contribution in [2.45, 2.75) is 18.9 Å². The van der Waals surface area contributed by atoms with Gasteiger partial charge in [0, 0.05) is 30.3 Å². The number of carbonyl (C=O) groups excluding carboxylic acids is 1. The topological polar surface area (TPSA) is 64.5 Å². The largest absolute Gasteiger partial charge is 0.497 e. The first-order valence-corrected chi connectivity index (χ1v) is 7.83. The van der Waals surface area contributed by atoms with Gasteiger partial charge in [0.1, 0.15) is 35.1 Å². The number of rotatable bonds is 5. The van der Waals surface area contributed by atoms with Gasteiger partial charge in [-0.15, -0.1) is 0 Å². The maximum atomic E-state index is 11.7. The van der Waals surface area contributed by atoms with E-state index in [1.54, 1.807) is 14.2 Å². The van der Waals surface area contributed by atoms with Crippen molar-refractivity contribution in [2.24, 2.45) is 0 Å². The lowest BCUT2D eigenvalue weighted by atomic mass is 9.88. The van der Waals surface area contributed by atoms with Crippen LogP contribution in [0.2, 0.25) is 5.15 Å². The summed E-state index contributed by atoms with van der Waals surface area (Å²) in [6.45, 7) is 2.87. The molecule has 0 aliphatic carbocycles. The SMILES string of the molecule is COc1ccc(CN2CC(C)(C=O)c3c(Cl)ncnc32)c(OC)c1. The molecule has 2 heterocycles. The number of anilines is 1. The predicted octanol–water partition coefficient (Wildman–Crippen LogP) is 2.62. The summed E-state index contributed by atoms with van der Waals surface area (Å²) in [5, 5.41) is 0.318. The standard InChI is InChI=1S/C17H18ClN3O3/c1-17(9-22)8-21(16-14(17)15(18)19-10-20-16)7-11-4-5-12(23-2)6-13(11)24-3/h4-6,9-10H,7-8H2,1-3H3. The molecule has 1 aliphatic rings. The van der Waals surface area contributed by atoms with E-state index < -0.39 is 5.41 Å². The molecule has 0 saturated carbocycles. The lowest BCUT2D eigenvalue weighted by Gasteiger charge is -2.22. The first-order chi connectivity index (χ1) is 11.5. The number of aldehydes is 1. The van der Waals surface area contributed by atoms with Crippen molar-refractivity contribution < 1.29 is 14.3 Å². The molecule has 24 heavy (non-hydrogen) atoms. The molecule has 6 nitrogen and oxygen atoms in total. The average molecular weight is 348 g/mol. The van der Waals surface area contributed by atoms with Crippen molar-refractivity contribution in [3.8, 4) is 11.5 Å². The van der Waals surface area contributed by atoms with Crippen LogP contribution in [-0.2, 0) is 16.8 Å². The zero-order valence-electron chi connectivity index (χ0n) is 13.7. The van der Waals surface area contributed by atoms with Crippen molar-refractivity contribution in [3.05, 3.63) is 40.8 Å². The van der Waals surface area contributed by atoms with Gasteiger partial charge in [0.05, 0.1) is 19.6 Å². The Labute approximate surface area is 145 Å². The van der Waals surface area contributed by atoms with E-state index in [0.29, 0.717) is 29.6 Å². The molecule has 1 aromatic carbocycles. The molecular weight excluding hydrogens is 330 g/mol. The van der Waals surface area contributed by atoms with Gasteiger partial charge in [-0.3, -0.25) is 0 Å². The molecule has 0 saturated heterocycles. The average Bonchev–Trinajstić information content (AvgIpc) is 2.89. The highest BCUT2D eigenvalue weighted by Crippen LogP contribution is 2.42. The first kappa shape index (κ1) is 16.5. The molecule has 0 fully saturated rings. The lowest BCUT2D eigenvalue weighted by molar-refractivity contribution is -0.111. The number of ether oxygens (including phenoxy) is 2. The monoisotopic (exact) mass is 347 g/mol. The highest BCUT2D eigenvalue weighted by Gasteiger charge is 2.42. The third-order valence-corrected chi connectivity index (χ3v) is 4.57. The Balaban J connectivity index is 1.99. The van der Waals surface area contributed by atoms with E-state index in [9.17, 15) is 4.79 Å². The molecule has 0 bridgehead atoms. The van der Waals surface area contributed by atoms with E-state index in [1.165, 1.54) is 6.33 Å². The van der Waals surface area contributed by atoms with E-state index in [1.807, 2.05) is 30.0 Å². The molecule has 1 aromatic heterocycles. The van der Waals surface area contributed by atoms with E-state index in [4.69, 9.17) is 21.1 Å². The summed E-state index contributed by atoms with van der Waals surface area (Å²) in [5.41, 5.74) is 0.913. The van der Waals surface area contributed by atoms with Gasteiger partial charge in [-0.25, -0.2) is 9.97 Å². The van der Waals surface area contributed by atoms with Crippen LogP contribution in [0.5, 0.6) is 11.5 Å². The van der Waals surface area contributed by atoms with Gasteiger partial charge < -0.3 is 19.2 Å². The molecule has 1 atom stereocenters. The van der Waals surface area contributed by atoms with Crippen LogP contribution in [0, 0.1) is 0 Å². The molecule has 1 unspecified atom stereocenters. The summed E-state index contributed by atoms with van der Waals surface area (Å²) in [4.78, 5) is 22.0. The molecular formula is C17H18ClN3O3. The van der Waals surface area contributed by atoms with Crippen molar-refractivity contribution >= 4 is 23.7 Å². The highest BCUT2D eigenvalue weighted by atomic mass is 35.5. The Morgan fingerprint density at radius 3 is 2.79 bits per heavy atom. The number of methoxy groups -OCH3 is 2. The summed E-state index contributed by atoms with van der Waals surface area (Å²) in [5.74, 6) is 2.12. The number of fused-ring (bicyclic) bond motifs is 1. The molecule has 0 amide bonds. The minimum absolute atomic E-state index is 0.318. The van der Waals surface area contributed by atoms with Gasteiger partial charge in [0.2, 0.25) is 0 Å². The highest BCUT2D eigenvalue weighted by molar-refractivity contribution is 6.31. The normalized spacial score (nSPS) is 19.1. The summed E-state index contributed by atoms with van der Waals surface area (Å²) < 4.78 is 10.7. The number of hydrogen-bond acceptors (Lipinski definition) is 6. The number of halogens is 1. The van der Waals surface area contributed by atoms with Crippen molar-refractivity contribution in [2.75, 3.05) is 25.7 Å². The molecule has 1 aliphatic heterocycles. The van der Waals surface area contributed by atoms with Crippen LogP contribution >= 0.6 is 11.6 Å². The van der Waals surface area contributed by atoms with Crippen LogP contribution in [0.1, 0.15) is 18.1 Å². The summed E-state index contributed by atoms with van der Waals surface area (Å²) >= 11 is 6.22. The van der Waals surface area contributed by atoms with Crippen LogP contribution in [0.25, 0.3) is 0 Å². The van der Waals surface area contributed by atoms with E-state index in [2.05, 4.69) is 9.97 Å². The minimum Gasteiger partial charge on any atom is -0.497 e. The van der Waals surface area contributed by atoms with Gasteiger partial charge in [0.15, 0.2) is 0 Å². The van der Waals surface area contributed by atoms with Gasteiger partial charge in [-0.05, 0) is 19.1 Å². The van der Waals surface area contributed by atoms with Crippen molar-refractivity contribution in [3.63, 3.8) is 0 Å². The zero-order valence-corrected chi connectivity index (χ0v) is 14.5. The minimum atomic E-state index is -0.729. The molecule has 0 spiro atoms. The third-order valence-electron chi connectivity index (χ3n) is 4.29. The Bertz CT molecular complexity index is 784. The zero-order chi connectivity index (χ0) is 17.3. The molecule has 0 N–H and O–H groups in total. The maximum Gasteiger partial charge on any atom is 0.138 e. The Morgan fingerprint density at radius 2 is 2.12 bits per heavy atom. The van der Waals surface area contributed by atoms with Gasteiger partial charge in [-0.2, -0.15) is 0 Å². The van der Waals surface area contributed by atoms with Crippen molar-refractivity contribution in [1.82, 2.24) is 9.97 Å². The quantitative estimate of drug-likeness (QED) is 0.612. The van der Waals surface area contributed by atoms with E-state index in [-0.39, 0.29) is 0 Å². The van der Waals surface area contributed by atoms with Gasteiger partial charge >= 0.3 is 0 Å². The number of benzene rings is 1. The van der Waals surface area contributed by atoms with Crippen molar-refractivity contribution in [1.29, 1.82) is 0 Å². The smallest absolute Gasteiger partial charge is 0.138 e. The number of hydrogen-bond donors (Lipinski definition) is 0. The molecule has 126 valence electrons. The molecule has 7 heteroatoms. The summed E-state index contributed by atoms with van der Waals surface area (Å²) in [7, 11) is 3.23. The Kier molecular flexibility index (Phi) is 4.32. The van der Waals surface area contributed by atoms with Crippen LogP contribution in [0.3, 0.4) is 0 Å². The fourth-order valence-corrected chi connectivity index (χ4v) is 3.40. The van der Waals surface area contributed by atoms with Gasteiger partial charge in [0.25, 0.3) is 0 Å². The molecule has 3 rings (SSSR count). The summed E-state index contributed by atoms with van der Waals surface area (Å²) in [6, 6.07) is 5.65. The fourth-order valence-electron chi connectivity index (χ4n) is 3.05. The van der Waals surface area contributed by atoms with E-state index in [0.717, 1.165) is 23.3 Å². The predicted molar refractivity (Wildman–Crippen MR) is 91.1 cm³/mol. The van der Waals surface area contributed by atoms with Crippen LogP contribution < -0.4 is 14.4 Å². The second kappa shape index (κ2) is 6.28. The van der Waals surface area contributed by atoms with Crippen LogP contribution in [0.15, 0.2) is 24.5 Å². The molecule has 0 radical (unpaired) electrons. The number of aromatic nitrogens is 2. The number of nitrogens with zero attached hydrogens (tertiary/aromatic N) is 3. The third kappa shape index (κ3) is 2.67. The first-order valence-electron chi connectivity index (χ1n) is 7.45. The van der Waals surface area contributed by atoms with Gasteiger partial charge in [-0.1, -0.05) is 11.6 Å². The van der Waals surface area contributed by atoms with E-state index >= 15 is 0 Å². The Morgan fingerprint density at radius 1 is 1.33 bits per heavy atom. The molecule has 2 aromatic rings. The Hall–Kier alpha value is -2.34. The van der Waals surface area contributed by atoms with Crippen LogP contribution in [0.4, 0.5) is 5.82 Å².